The van der Waals surface area contributed by atoms with Crippen LogP contribution in [0.4, 0.5) is 4.39 Å². The highest BCUT2D eigenvalue weighted by atomic mass is 127. The lowest BCUT2D eigenvalue weighted by Gasteiger charge is -2.22. The molecule has 0 fully saturated rings. The molecule has 0 unspecified atom stereocenters. The molecule has 0 atom stereocenters. The molecule has 0 saturated heterocycles. The zero-order valence-electron chi connectivity index (χ0n) is 17.6. The summed E-state index contributed by atoms with van der Waals surface area (Å²) in [7, 11) is 1.96. The largest absolute Gasteiger partial charge is 0.357 e. The standard InChI is InChI=1S/C23H29FN4O.HI/c1-3-25-23(27(2)15-18-10-12-21(24)13-11-18)26-14-6-9-22(29)28-16-19-7-4-5-8-20(19)17-28;/h4-5,7-8,10-13H,3,6,9,14-17H2,1-2H3,(H,25,26);1H. The van der Waals surface area contributed by atoms with E-state index in [9.17, 15) is 9.18 Å². The second-order valence-corrected chi connectivity index (χ2v) is 7.34. The van der Waals surface area contributed by atoms with Crippen molar-refractivity contribution in [1.29, 1.82) is 0 Å². The van der Waals surface area contributed by atoms with Gasteiger partial charge in [-0.3, -0.25) is 9.79 Å². The van der Waals surface area contributed by atoms with Crippen molar-refractivity contribution in [2.45, 2.75) is 39.4 Å². The van der Waals surface area contributed by atoms with Gasteiger partial charge in [-0.05, 0) is 42.2 Å². The van der Waals surface area contributed by atoms with E-state index in [4.69, 9.17) is 0 Å². The molecule has 1 N–H and O–H groups in total. The molecule has 30 heavy (non-hydrogen) atoms. The van der Waals surface area contributed by atoms with Crippen LogP contribution in [-0.2, 0) is 24.4 Å². The van der Waals surface area contributed by atoms with Crippen molar-refractivity contribution >= 4 is 35.8 Å². The first-order chi connectivity index (χ1) is 14.1. The van der Waals surface area contributed by atoms with Crippen LogP contribution in [0.3, 0.4) is 0 Å². The van der Waals surface area contributed by atoms with Crippen LogP contribution < -0.4 is 5.32 Å². The lowest BCUT2D eigenvalue weighted by molar-refractivity contribution is -0.131. The number of halogens is 2. The second-order valence-electron chi connectivity index (χ2n) is 7.34. The van der Waals surface area contributed by atoms with Crippen molar-refractivity contribution in [3.8, 4) is 0 Å². The number of hydrogen-bond acceptors (Lipinski definition) is 2. The van der Waals surface area contributed by atoms with Crippen molar-refractivity contribution in [2.75, 3.05) is 20.1 Å². The fourth-order valence-corrected chi connectivity index (χ4v) is 3.49. The molecule has 0 aliphatic carbocycles. The molecule has 1 amide bonds. The van der Waals surface area contributed by atoms with Gasteiger partial charge in [-0.25, -0.2) is 4.39 Å². The number of nitrogens with zero attached hydrogens (tertiary/aromatic N) is 3. The molecule has 0 aromatic heterocycles. The summed E-state index contributed by atoms with van der Waals surface area (Å²) >= 11 is 0. The Balaban J connectivity index is 0.00000320. The monoisotopic (exact) mass is 524 g/mol. The van der Waals surface area contributed by atoms with Gasteiger partial charge in [0.15, 0.2) is 5.96 Å². The minimum absolute atomic E-state index is 0. The van der Waals surface area contributed by atoms with E-state index in [-0.39, 0.29) is 35.7 Å². The third kappa shape index (κ3) is 6.68. The van der Waals surface area contributed by atoms with Crippen molar-refractivity contribution in [1.82, 2.24) is 15.1 Å². The molecule has 0 spiro atoms. The number of benzene rings is 2. The predicted octanol–water partition coefficient (Wildman–Crippen LogP) is 4.16. The molecule has 2 aromatic carbocycles. The summed E-state index contributed by atoms with van der Waals surface area (Å²) in [6.07, 6.45) is 1.21. The molecule has 162 valence electrons. The van der Waals surface area contributed by atoms with Crippen LogP contribution in [0.5, 0.6) is 0 Å². The number of fused-ring (bicyclic) bond motifs is 1. The highest BCUT2D eigenvalue weighted by molar-refractivity contribution is 14.0. The molecule has 0 saturated carbocycles. The van der Waals surface area contributed by atoms with Crippen molar-refractivity contribution in [3.05, 3.63) is 71.0 Å². The van der Waals surface area contributed by atoms with Gasteiger partial charge < -0.3 is 15.1 Å². The van der Waals surface area contributed by atoms with Crippen molar-refractivity contribution in [3.63, 3.8) is 0 Å². The third-order valence-corrected chi connectivity index (χ3v) is 5.03. The summed E-state index contributed by atoms with van der Waals surface area (Å²) in [5.74, 6) is 0.738. The molecule has 1 aliphatic rings. The summed E-state index contributed by atoms with van der Waals surface area (Å²) < 4.78 is 13.1. The van der Waals surface area contributed by atoms with E-state index in [0.717, 1.165) is 18.1 Å². The van der Waals surface area contributed by atoms with Crippen LogP contribution in [-0.4, -0.2) is 41.8 Å². The highest BCUT2D eigenvalue weighted by Crippen LogP contribution is 2.22. The topological polar surface area (TPSA) is 47.9 Å². The van der Waals surface area contributed by atoms with Gasteiger partial charge in [-0.1, -0.05) is 36.4 Å². The number of guanidine groups is 1. The average molecular weight is 524 g/mol. The Morgan fingerprint density at radius 3 is 2.37 bits per heavy atom. The van der Waals surface area contributed by atoms with Gasteiger partial charge in [0, 0.05) is 46.2 Å². The Hall–Kier alpha value is -2.16. The van der Waals surface area contributed by atoms with E-state index in [1.165, 1.54) is 23.3 Å². The molecule has 5 nitrogen and oxygen atoms in total. The van der Waals surface area contributed by atoms with E-state index >= 15 is 0 Å². The zero-order chi connectivity index (χ0) is 20.6. The first-order valence-corrected chi connectivity index (χ1v) is 10.1. The summed E-state index contributed by atoms with van der Waals surface area (Å²) in [6, 6.07) is 14.7. The fourth-order valence-electron chi connectivity index (χ4n) is 3.49. The van der Waals surface area contributed by atoms with Gasteiger partial charge in [0.1, 0.15) is 5.82 Å². The number of hydrogen-bond donors (Lipinski definition) is 1. The summed E-state index contributed by atoms with van der Waals surface area (Å²) in [5.41, 5.74) is 3.51. The first kappa shape index (κ1) is 24.1. The summed E-state index contributed by atoms with van der Waals surface area (Å²) in [4.78, 5) is 21.1. The zero-order valence-corrected chi connectivity index (χ0v) is 19.9. The first-order valence-electron chi connectivity index (χ1n) is 10.1. The van der Waals surface area contributed by atoms with Crippen LogP contribution in [0.15, 0.2) is 53.5 Å². The van der Waals surface area contributed by atoms with Gasteiger partial charge >= 0.3 is 0 Å². The number of carbonyl (C=O) groups excluding carboxylic acids is 1. The maximum Gasteiger partial charge on any atom is 0.223 e. The molecule has 2 aromatic rings. The lowest BCUT2D eigenvalue weighted by Crippen LogP contribution is -2.38. The molecule has 7 heteroatoms. The SMILES string of the molecule is CCNC(=NCCCC(=O)N1Cc2ccccc2C1)N(C)Cc1ccc(F)cc1.I. The summed E-state index contributed by atoms with van der Waals surface area (Å²) in [5, 5.41) is 3.28. The molecule has 0 bridgehead atoms. The van der Waals surface area contributed by atoms with Crippen molar-refractivity contribution < 1.29 is 9.18 Å². The Morgan fingerprint density at radius 1 is 1.13 bits per heavy atom. The Labute approximate surface area is 195 Å². The maximum atomic E-state index is 13.1. The van der Waals surface area contributed by atoms with Gasteiger partial charge in [0.2, 0.25) is 5.91 Å². The number of carbonyl (C=O) groups is 1. The third-order valence-electron chi connectivity index (χ3n) is 5.03. The van der Waals surface area contributed by atoms with Crippen LogP contribution in [0.2, 0.25) is 0 Å². The Morgan fingerprint density at radius 2 is 1.77 bits per heavy atom. The summed E-state index contributed by atoms with van der Waals surface area (Å²) in [6.45, 7) is 5.43. The molecule has 3 rings (SSSR count). The van der Waals surface area contributed by atoms with E-state index < -0.39 is 0 Å². The molecular formula is C23H30FIN4O. The Kier molecular flexibility index (Phi) is 9.55. The molecule has 1 heterocycles. The Bertz CT molecular complexity index is 832. The predicted molar refractivity (Wildman–Crippen MR) is 129 cm³/mol. The van der Waals surface area contributed by atoms with Gasteiger partial charge in [0.25, 0.3) is 0 Å². The number of aliphatic imine (C=N–C) groups is 1. The lowest BCUT2D eigenvalue weighted by atomic mass is 10.1. The van der Waals surface area contributed by atoms with Crippen LogP contribution in [0.1, 0.15) is 36.5 Å². The van der Waals surface area contributed by atoms with Gasteiger partial charge in [-0.2, -0.15) is 0 Å². The second kappa shape index (κ2) is 11.9. The van der Waals surface area contributed by atoms with E-state index in [0.29, 0.717) is 39.0 Å². The number of nitrogens with one attached hydrogen (secondary N) is 1. The van der Waals surface area contributed by atoms with Crippen LogP contribution in [0, 0.1) is 5.82 Å². The maximum absolute atomic E-state index is 13.1. The van der Waals surface area contributed by atoms with E-state index in [1.54, 1.807) is 12.1 Å². The van der Waals surface area contributed by atoms with E-state index in [2.05, 4.69) is 22.4 Å². The normalized spacial score (nSPS) is 12.9. The van der Waals surface area contributed by atoms with Crippen LogP contribution >= 0.6 is 24.0 Å². The van der Waals surface area contributed by atoms with Crippen molar-refractivity contribution in [2.24, 2.45) is 4.99 Å². The quantitative estimate of drug-likeness (QED) is 0.256. The fraction of sp³-hybridized carbons (Fsp3) is 0.391. The molecular weight excluding hydrogens is 494 g/mol. The van der Waals surface area contributed by atoms with Crippen LogP contribution in [0.25, 0.3) is 0 Å². The number of rotatable bonds is 7. The number of amides is 1. The van der Waals surface area contributed by atoms with Gasteiger partial charge in [0.05, 0.1) is 0 Å². The minimum Gasteiger partial charge on any atom is -0.357 e. The van der Waals surface area contributed by atoms with Gasteiger partial charge in [-0.15, -0.1) is 24.0 Å². The highest BCUT2D eigenvalue weighted by Gasteiger charge is 2.22. The average Bonchev–Trinajstić information content (AvgIpc) is 3.16. The minimum atomic E-state index is -0.234. The van der Waals surface area contributed by atoms with E-state index in [1.807, 2.05) is 35.9 Å². The smallest absolute Gasteiger partial charge is 0.223 e. The molecule has 0 radical (unpaired) electrons. The molecule has 1 aliphatic heterocycles.